The first-order valence-electron chi connectivity index (χ1n) is 6.96. The molecule has 2 aliphatic rings. The van der Waals surface area contributed by atoms with Gasteiger partial charge in [-0.05, 0) is 22.6 Å². The first kappa shape index (κ1) is 15.5. The van der Waals surface area contributed by atoms with Crippen molar-refractivity contribution in [2.75, 3.05) is 38.0 Å². The second kappa shape index (κ2) is 6.03. The van der Waals surface area contributed by atoms with Crippen molar-refractivity contribution in [3.05, 3.63) is 29.8 Å². The molecule has 2 amide bonds. The molecule has 0 bridgehead atoms. The maximum absolute atomic E-state index is 13.0. The van der Waals surface area contributed by atoms with Crippen LogP contribution in [-0.2, 0) is 10.9 Å². The van der Waals surface area contributed by atoms with Gasteiger partial charge in [0.05, 0.1) is 24.5 Å². The average molecular weight is 329 g/mol. The average Bonchev–Trinajstić information content (AvgIpc) is 3.04. The third kappa shape index (κ3) is 3.21. The molecule has 1 aromatic rings. The van der Waals surface area contributed by atoms with Gasteiger partial charge in [0.15, 0.2) is 0 Å². The molecule has 1 aromatic carbocycles. The largest absolute Gasteiger partial charge is 0.418 e. The summed E-state index contributed by atoms with van der Waals surface area (Å²) < 4.78 is 44.3. The minimum Gasteiger partial charge on any atom is -0.378 e. The third-order valence-electron chi connectivity index (χ3n) is 3.51. The number of hydrogen-bond acceptors (Lipinski definition) is 5. The van der Waals surface area contributed by atoms with Crippen molar-refractivity contribution in [3.8, 4) is 0 Å². The Morgan fingerprint density at radius 3 is 2.52 bits per heavy atom. The van der Waals surface area contributed by atoms with Crippen LogP contribution in [-0.4, -0.2) is 48.9 Å². The number of hydrogen-bond donors (Lipinski definition) is 0. The molecular formula is C13H14F3N5O2. The zero-order valence-electron chi connectivity index (χ0n) is 12.0. The number of urea groups is 1. The molecule has 0 saturated carbocycles. The lowest BCUT2D eigenvalue weighted by molar-refractivity contribution is -0.137. The Kier molecular flexibility index (Phi) is 4.07. The van der Waals surface area contributed by atoms with E-state index >= 15 is 0 Å². The standard InChI is InChI=1S/C13H14F3N5O2/c14-13(15,16)10-3-1-2-4-11(10)20-9-21(18-17-20)12(22)19-5-7-23-8-6-19/h1-4H,5-9H2. The number of para-hydroxylation sites is 1. The van der Waals surface area contributed by atoms with Crippen molar-refractivity contribution in [1.29, 1.82) is 0 Å². The molecule has 0 radical (unpaired) electrons. The number of anilines is 1. The minimum atomic E-state index is -4.51. The molecule has 0 aliphatic carbocycles. The monoisotopic (exact) mass is 329 g/mol. The number of carbonyl (C=O) groups excluding carboxylic acids is 1. The summed E-state index contributed by atoms with van der Waals surface area (Å²) in [5.74, 6) is 0. The van der Waals surface area contributed by atoms with Crippen molar-refractivity contribution in [1.82, 2.24) is 9.91 Å². The van der Waals surface area contributed by atoms with Gasteiger partial charge in [0.25, 0.3) is 0 Å². The van der Waals surface area contributed by atoms with E-state index in [1.165, 1.54) is 23.1 Å². The zero-order chi connectivity index (χ0) is 16.4. The number of halogens is 3. The highest BCUT2D eigenvalue weighted by Gasteiger charge is 2.37. The van der Waals surface area contributed by atoms with Crippen molar-refractivity contribution >= 4 is 11.7 Å². The van der Waals surface area contributed by atoms with E-state index < -0.39 is 17.8 Å². The first-order valence-corrected chi connectivity index (χ1v) is 6.96. The van der Waals surface area contributed by atoms with E-state index in [1.54, 1.807) is 0 Å². The van der Waals surface area contributed by atoms with Crippen molar-refractivity contribution in [2.45, 2.75) is 6.18 Å². The Labute approximate surface area is 129 Å². The fraction of sp³-hybridized carbons (Fsp3) is 0.462. The van der Waals surface area contributed by atoms with E-state index in [0.717, 1.165) is 16.1 Å². The summed E-state index contributed by atoms with van der Waals surface area (Å²) in [6.45, 7) is 1.53. The summed E-state index contributed by atoms with van der Waals surface area (Å²) in [6, 6.07) is 4.65. The highest BCUT2D eigenvalue weighted by atomic mass is 19.4. The molecule has 2 heterocycles. The van der Waals surface area contributed by atoms with Crippen LogP contribution in [0.2, 0.25) is 0 Å². The molecule has 0 spiro atoms. The molecule has 3 rings (SSSR count). The molecule has 2 aliphatic heterocycles. The van der Waals surface area contributed by atoms with Crippen LogP contribution in [0.3, 0.4) is 0 Å². The van der Waals surface area contributed by atoms with Crippen LogP contribution in [0.25, 0.3) is 0 Å². The second-order valence-corrected chi connectivity index (χ2v) is 5.02. The van der Waals surface area contributed by atoms with Crippen molar-refractivity contribution in [2.24, 2.45) is 10.4 Å². The molecule has 0 unspecified atom stereocenters. The van der Waals surface area contributed by atoms with Crippen LogP contribution in [0.1, 0.15) is 5.56 Å². The molecule has 7 nitrogen and oxygen atoms in total. The molecule has 0 aromatic heterocycles. The van der Waals surface area contributed by atoms with Gasteiger partial charge in [-0.1, -0.05) is 12.1 Å². The van der Waals surface area contributed by atoms with Crippen LogP contribution in [0.5, 0.6) is 0 Å². The minimum absolute atomic E-state index is 0.138. The second-order valence-electron chi connectivity index (χ2n) is 5.02. The topological polar surface area (TPSA) is 60.7 Å². The maximum atomic E-state index is 13.0. The van der Waals surface area contributed by atoms with Gasteiger partial charge < -0.3 is 9.64 Å². The predicted molar refractivity (Wildman–Crippen MR) is 73.3 cm³/mol. The highest BCUT2D eigenvalue weighted by molar-refractivity contribution is 5.75. The van der Waals surface area contributed by atoms with E-state index in [2.05, 4.69) is 10.4 Å². The van der Waals surface area contributed by atoms with Crippen molar-refractivity contribution in [3.63, 3.8) is 0 Å². The van der Waals surface area contributed by atoms with Crippen LogP contribution < -0.4 is 5.01 Å². The number of ether oxygens (including phenoxy) is 1. The summed E-state index contributed by atoms with van der Waals surface area (Å²) in [6.07, 6.45) is -4.51. The Morgan fingerprint density at radius 2 is 1.83 bits per heavy atom. The number of carbonyl (C=O) groups is 1. The smallest absolute Gasteiger partial charge is 0.378 e. The van der Waals surface area contributed by atoms with Gasteiger partial charge in [0, 0.05) is 13.1 Å². The summed E-state index contributed by atoms with van der Waals surface area (Å²) in [5.41, 5.74) is -0.958. The lowest BCUT2D eigenvalue weighted by Gasteiger charge is -2.29. The van der Waals surface area contributed by atoms with Gasteiger partial charge in [0.2, 0.25) is 0 Å². The molecular weight excluding hydrogens is 315 g/mol. The van der Waals surface area contributed by atoms with E-state index in [4.69, 9.17) is 4.74 Å². The molecule has 0 N–H and O–H groups in total. The van der Waals surface area contributed by atoms with Crippen LogP contribution >= 0.6 is 0 Å². The van der Waals surface area contributed by atoms with Gasteiger partial charge in [-0.25, -0.2) is 9.80 Å². The van der Waals surface area contributed by atoms with Gasteiger partial charge in [-0.2, -0.15) is 18.2 Å². The number of morpholine rings is 1. The normalized spacial score (nSPS) is 18.7. The number of rotatable bonds is 1. The summed E-state index contributed by atoms with van der Waals surface area (Å²) in [5, 5.41) is 9.46. The quantitative estimate of drug-likeness (QED) is 0.795. The molecule has 0 atom stereocenters. The number of benzene rings is 1. The highest BCUT2D eigenvalue weighted by Crippen LogP contribution is 2.37. The van der Waals surface area contributed by atoms with Crippen LogP contribution in [0.15, 0.2) is 34.7 Å². The summed E-state index contributed by atoms with van der Waals surface area (Å²) in [7, 11) is 0. The van der Waals surface area contributed by atoms with Crippen LogP contribution in [0.4, 0.5) is 23.7 Å². The molecule has 10 heteroatoms. The third-order valence-corrected chi connectivity index (χ3v) is 3.51. The van der Waals surface area contributed by atoms with Crippen molar-refractivity contribution < 1.29 is 22.7 Å². The Balaban J connectivity index is 1.74. The number of alkyl halides is 3. The molecule has 1 fully saturated rings. The fourth-order valence-corrected chi connectivity index (χ4v) is 2.36. The molecule has 23 heavy (non-hydrogen) atoms. The Bertz CT molecular complexity index is 616. The number of nitrogens with zero attached hydrogens (tertiary/aromatic N) is 5. The fourth-order valence-electron chi connectivity index (χ4n) is 2.36. The van der Waals surface area contributed by atoms with E-state index in [-0.39, 0.29) is 12.4 Å². The van der Waals surface area contributed by atoms with Crippen LogP contribution in [0, 0.1) is 0 Å². The predicted octanol–water partition coefficient (Wildman–Crippen LogP) is 2.52. The maximum Gasteiger partial charge on any atom is 0.418 e. The number of amides is 2. The van der Waals surface area contributed by atoms with E-state index in [1.807, 2.05) is 0 Å². The van der Waals surface area contributed by atoms with E-state index in [0.29, 0.717) is 26.3 Å². The zero-order valence-corrected chi connectivity index (χ0v) is 12.0. The van der Waals surface area contributed by atoms with Gasteiger partial charge >= 0.3 is 12.2 Å². The van der Waals surface area contributed by atoms with Gasteiger partial charge in [-0.3, -0.25) is 0 Å². The summed E-state index contributed by atoms with van der Waals surface area (Å²) >= 11 is 0. The molecule has 1 saturated heterocycles. The Hall–Kier alpha value is -2.36. The van der Waals surface area contributed by atoms with E-state index in [9.17, 15) is 18.0 Å². The van der Waals surface area contributed by atoms with Gasteiger partial charge in [-0.15, -0.1) is 0 Å². The Morgan fingerprint density at radius 1 is 1.13 bits per heavy atom. The first-order chi connectivity index (χ1) is 11.0. The lowest BCUT2D eigenvalue weighted by Crippen LogP contribution is -2.47. The SMILES string of the molecule is O=C(N1CCOCC1)N1CN(c2ccccc2C(F)(F)F)N=N1. The lowest BCUT2D eigenvalue weighted by atomic mass is 10.1. The summed E-state index contributed by atoms with van der Waals surface area (Å²) in [4.78, 5) is 13.8. The molecule has 124 valence electrons. The van der Waals surface area contributed by atoms with Gasteiger partial charge in [0.1, 0.15) is 6.67 Å².